The molecule has 0 fully saturated rings. The van der Waals surface area contributed by atoms with Gasteiger partial charge in [0.15, 0.2) is 0 Å². The van der Waals surface area contributed by atoms with E-state index < -0.39 is 0 Å². The van der Waals surface area contributed by atoms with Gasteiger partial charge in [0.2, 0.25) is 5.91 Å². The number of carbonyl (C=O) groups excluding carboxylic acids is 1. The van der Waals surface area contributed by atoms with Crippen LogP contribution in [0.25, 0.3) is 10.8 Å². The number of nitrogens with zero attached hydrogens (tertiary/aromatic N) is 3. The summed E-state index contributed by atoms with van der Waals surface area (Å²) in [6.45, 7) is 3.80. The Morgan fingerprint density at radius 3 is 2.74 bits per heavy atom. The number of aromatic nitrogens is 3. The van der Waals surface area contributed by atoms with Gasteiger partial charge in [-0.05, 0) is 30.2 Å². The second-order valence-electron chi connectivity index (χ2n) is 6.34. The van der Waals surface area contributed by atoms with Gasteiger partial charge in [-0.1, -0.05) is 41.4 Å². The Bertz CT molecular complexity index is 1100. The van der Waals surface area contributed by atoms with Gasteiger partial charge in [0, 0.05) is 15.2 Å². The average Bonchev–Trinajstić information content (AvgIpc) is 2.60. The molecule has 0 aliphatic rings. The SMILES string of the molecule is CC(C)c1nn(CC(=O)Nc2cnc(Cl)c(P)c2)c(=O)c2ccc(Br)cc12. The molecule has 0 aliphatic carbocycles. The van der Waals surface area contributed by atoms with Crippen LogP contribution in [0.3, 0.4) is 0 Å². The molecule has 0 bridgehead atoms. The van der Waals surface area contributed by atoms with Crippen molar-refractivity contribution in [2.75, 3.05) is 5.32 Å². The molecule has 0 saturated heterocycles. The van der Waals surface area contributed by atoms with Crippen molar-refractivity contribution >= 4 is 64.4 Å². The van der Waals surface area contributed by atoms with Gasteiger partial charge in [-0.2, -0.15) is 5.10 Å². The molecule has 27 heavy (non-hydrogen) atoms. The summed E-state index contributed by atoms with van der Waals surface area (Å²) in [4.78, 5) is 29.2. The highest BCUT2D eigenvalue weighted by atomic mass is 79.9. The number of fused-ring (bicyclic) bond motifs is 1. The first kappa shape index (κ1) is 19.9. The molecule has 0 spiro atoms. The Labute approximate surface area is 171 Å². The molecule has 3 aromatic rings. The summed E-state index contributed by atoms with van der Waals surface area (Å²) in [5.41, 5.74) is 0.952. The van der Waals surface area contributed by atoms with Crippen molar-refractivity contribution in [1.29, 1.82) is 0 Å². The van der Waals surface area contributed by atoms with Crippen molar-refractivity contribution in [3.05, 3.63) is 56.1 Å². The number of carbonyl (C=O) groups is 1. The normalized spacial score (nSPS) is 11.2. The molecule has 0 aliphatic heterocycles. The lowest BCUT2D eigenvalue weighted by molar-refractivity contribution is -0.117. The number of amides is 1. The molecule has 2 heterocycles. The van der Waals surface area contributed by atoms with Crippen molar-refractivity contribution in [3.63, 3.8) is 0 Å². The van der Waals surface area contributed by atoms with Crippen LogP contribution in [0.4, 0.5) is 5.69 Å². The summed E-state index contributed by atoms with van der Waals surface area (Å²) in [5, 5.41) is 9.48. The maximum absolute atomic E-state index is 12.8. The van der Waals surface area contributed by atoms with E-state index in [9.17, 15) is 9.59 Å². The van der Waals surface area contributed by atoms with Gasteiger partial charge in [0.25, 0.3) is 5.56 Å². The van der Waals surface area contributed by atoms with Crippen LogP contribution in [0.5, 0.6) is 0 Å². The number of benzene rings is 1. The fourth-order valence-corrected chi connectivity index (χ4v) is 3.41. The Morgan fingerprint density at radius 1 is 1.33 bits per heavy atom. The van der Waals surface area contributed by atoms with Crippen molar-refractivity contribution < 1.29 is 4.79 Å². The fraction of sp³-hybridized carbons (Fsp3) is 0.222. The molecular weight excluding hydrogens is 451 g/mol. The second-order valence-corrected chi connectivity index (χ2v) is 8.24. The quantitative estimate of drug-likeness (QED) is 0.471. The molecule has 140 valence electrons. The first-order valence-corrected chi connectivity index (χ1v) is 9.92. The molecule has 1 unspecified atom stereocenters. The highest BCUT2D eigenvalue weighted by Crippen LogP contribution is 2.24. The van der Waals surface area contributed by atoms with E-state index in [-0.39, 0.29) is 23.9 Å². The third kappa shape index (κ3) is 4.37. The maximum Gasteiger partial charge on any atom is 0.275 e. The Kier molecular flexibility index (Phi) is 5.94. The predicted molar refractivity (Wildman–Crippen MR) is 115 cm³/mol. The molecular formula is C18H17BrClN4O2P. The number of hydrogen-bond donors (Lipinski definition) is 1. The summed E-state index contributed by atoms with van der Waals surface area (Å²) in [7, 11) is 2.45. The lowest BCUT2D eigenvalue weighted by Crippen LogP contribution is -2.31. The van der Waals surface area contributed by atoms with Crippen LogP contribution in [0, 0.1) is 0 Å². The zero-order chi connectivity index (χ0) is 19.7. The van der Waals surface area contributed by atoms with Gasteiger partial charge in [0.05, 0.1) is 23.0 Å². The summed E-state index contributed by atoms with van der Waals surface area (Å²) < 4.78 is 2.07. The Morgan fingerprint density at radius 2 is 2.07 bits per heavy atom. The highest BCUT2D eigenvalue weighted by molar-refractivity contribution is 9.10. The number of pyridine rings is 1. The highest BCUT2D eigenvalue weighted by Gasteiger charge is 2.16. The predicted octanol–water partition coefficient (Wildman–Crippen LogP) is 3.47. The van der Waals surface area contributed by atoms with Gasteiger partial charge in [0.1, 0.15) is 11.7 Å². The summed E-state index contributed by atoms with van der Waals surface area (Å²) in [5.74, 6) is -0.277. The standard InChI is InChI=1S/C18H17BrClN4O2P/c1-9(2)16-13-5-10(19)3-4-12(13)18(26)24(23-16)8-15(25)22-11-6-14(27)17(20)21-7-11/h3-7,9H,8,27H2,1-2H3,(H,22,25). The monoisotopic (exact) mass is 466 g/mol. The number of anilines is 1. The van der Waals surface area contributed by atoms with Crippen LogP contribution >= 0.6 is 36.8 Å². The summed E-state index contributed by atoms with van der Waals surface area (Å²) in [6, 6.07) is 7.11. The zero-order valence-electron chi connectivity index (χ0n) is 14.7. The minimum atomic E-state index is -0.371. The van der Waals surface area contributed by atoms with Crippen molar-refractivity contribution in [1.82, 2.24) is 14.8 Å². The van der Waals surface area contributed by atoms with Crippen LogP contribution < -0.4 is 16.2 Å². The average molecular weight is 468 g/mol. The molecule has 6 nitrogen and oxygen atoms in total. The van der Waals surface area contributed by atoms with Crippen molar-refractivity contribution in [2.45, 2.75) is 26.3 Å². The number of hydrogen-bond acceptors (Lipinski definition) is 4. The van der Waals surface area contributed by atoms with E-state index in [1.54, 1.807) is 18.2 Å². The minimum absolute atomic E-state index is 0.0943. The second kappa shape index (κ2) is 8.05. The molecule has 3 rings (SSSR count). The fourth-order valence-electron chi connectivity index (χ4n) is 2.69. The van der Waals surface area contributed by atoms with Crippen LogP contribution in [0.15, 0.2) is 39.7 Å². The van der Waals surface area contributed by atoms with Gasteiger partial charge in [-0.15, -0.1) is 9.24 Å². The van der Waals surface area contributed by atoms with Crippen LogP contribution in [0.2, 0.25) is 5.15 Å². The molecule has 1 N–H and O–H groups in total. The van der Waals surface area contributed by atoms with E-state index in [1.165, 1.54) is 10.9 Å². The van der Waals surface area contributed by atoms with Crippen LogP contribution in [-0.2, 0) is 11.3 Å². The molecule has 2 aromatic heterocycles. The van der Waals surface area contributed by atoms with E-state index in [1.807, 2.05) is 19.9 Å². The smallest absolute Gasteiger partial charge is 0.275 e. The Hall–Kier alpha value is -1.82. The van der Waals surface area contributed by atoms with Gasteiger partial charge in [-0.3, -0.25) is 9.59 Å². The first-order valence-electron chi connectivity index (χ1n) is 8.17. The third-order valence-corrected chi connectivity index (χ3v) is 5.37. The largest absolute Gasteiger partial charge is 0.323 e. The van der Waals surface area contributed by atoms with Crippen molar-refractivity contribution in [3.8, 4) is 0 Å². The van der Waals surface area contributed by atoms with Crippen LogP contribution in [-0.4, -0.2) is 20.7 Å². The zero-order valence-corrected chi connectivity index (χ0v) is 18.2. The molecule has 1 atom stereocenters. The first-order chi connectivity index (χ1) is 12.8. The van der Waals surface area contributed by atoms with Gasteiger partial charge >= 0.3 is 0 Å². The van der Waals surface area contributed by atoms with E-state index >= 15 is 0 Å². The van der Waals surface area contributed by atoms with Gasteiger partial charge < -0.3 is 5.32 Å². The number of nitrogens with one attached hydrogen (secondary N) is 1. The molecule has 0 radical (unpaired) electrons. The summed E-state index contributed by atoms with van der Waals surface area (Å²) in [6.07, 6.45) is 1.46. The lowest BCUT2D eigenvalue weighted by atomic mass is 10.0. The van der Waals surface area contributed by atoms with Crippen LogP contribution in [0.1, 0.15) is 25.5 Å². The topological polar surface area (TPSA) is 76.9 Å². The van der Waals surface area contributed by atoms with E-state index in [0.29, 0.717) is 21.5 Å². The molecule has 9 heteroatoms. The van der Waals surface area contributed by atoms with Gasteiger partial charge in [-0.25, -0.2) is 9.67 Å². The Balaban J connectivity index is 1.95. The molecule has 1 aromatic carbocycles. The van der Waals surface area contributed by atoms with Crippen molar-refractivity contribution in [2.24, 2.45) is 0 Å². The number of halogens is 2. The molecule has 1 amide bonds. The maximum atomic E-state index is 12.8. The van der Waals surface area contributed by atoms with E-state index in [2.05, 4.69) is 40.6 Å². The van der Waals surface area contributed by atoms with E-state index in [4.69, 9.17) is 11.6 Å². The summed E-state index contributed by atoms with van der Waals surface area (Å²) >= 11 is 9.31. The molecule has 0 saturated carbocycles. The minimum Gasteiger partial charge on any atom is -0.323 e. The number of rotatable bonds is 4. The lowest BCUT2D eigenvalue weighted by Gasteiger charge is -2.13. The van der Waals surface area contributed by atoms with E-state index in [0.717, 1.165) is 15.6 Å². The third-order valence-electron chi connectivity index (χ3n) is 3.94.